The Bertz CT molecular complexity index is 890. The summed E-state index contributed by atoms with van der Waals surface area (Å²) in [6, 6.07) is 1.95. The normalized spacial score (nSPS) is 22.4. The van der Waals surface area contributed by atoms with E-state index in [1.807, 2.05) is 27.2 Å². The van der Waals surface area contributed by atoms with Gasteiger partial charge in [-0.3, -0.25) is 9.89 Å². The number of hydrogen-bond donors (Lipinski definition) is 1. The average Bonchev–Trinajstić information content (AvgIpc) is 2.68. The summed E-state index contributed by atoms with van der Waals surface area (Å²) in [7, 11) is 4.06. The van der Waals surface area contributed by atoms with Gasteiger partial charge in [0.05, 0.1) is 5.69 Å². The van der Waals surface area contributed by atoms with Crippen LogP contribution in [0.1, 0.15) is 31.1 Å². The summed E-state index contributed by atoms with van der Waals surface area (Å²) in [6.45, 7) is 5.09. The van der Waals surface area contributed by atoms with E-state index in [0.717, 1.165) is 35.8 Å². The van der Waals surface area contributed by atoms with Crippen molar-refractivity contribution in [1.82, 2.24) is 35.1 Å². The van der Waals surface area contributed by atoms with Crippen molar-refractivity contribution in [3.63, 3.8) is 0 Å². The minimum Gasteiger partial charge on any atom is -0.364 e. The number of hydrogen-bond acceptors (Lipinski definition) is 8. The van der Waals surface area contributed by atoms with Crippen LogP contribution in [0.4, 0.5) is 0 Å². The molecule has 0 spiro atoms. The summed E-state index contributed by atoms with van der Waals surface area (Å²) < 4.78 is 0. The van der Waals surface area contributed by atoms with E-state index in [1.54, 1.807) is 18.5 Å². The Balaban J connectivity index is 1.59. The lowest BCUT2D eigenvalue weighted by atomic mass is 9.99. The molecule has 2 aromatic rings. The summed E-state index contributed by atoms with van der Waals surface area (Å²) in [4.78, 5) is 27.0. The van der Waals surface area contributed by atoms with Gasteiger partial charge in [-0.2, -0.15) is 0 Å². The molecule has 27 heavy (non-hydrogen) atoms. The first-order valence-corrected chi connectivity index (χ1v) is 9.12. The maximum Gasteiger partial charge on any atom is 0.197 e. The molecule has 0 fully saturated rings. The first kappa shape index (κ1) is 17.5. The maximum atomic E-state index is 4.79. The molecule has 1 unspecified atom stereocenters. The van der Waals surface area contributed by atoms with Crippen molar-refractivity contribution < 1.29 is 0 Å². The molecule has 2 aliphatic heterocycles. The zero-order chi connectivity index (χ0) is 19.0. The smallest absolute Gasteiger partial charge is 0.197 e. The standard InChI is InChI=1S/C19H24N8/c1-12-10-16(26(3)4)25-19(23-12)27-9-6-15-14(13(27)2)11-22-18(24-15)17-20-7-5-8-21-17/h5,7-8,10-11,13,19,25H,6,9H2,1-4H3/t13-,19?/m1/s1. The van der Waals surface area contributed by atoms with Crippen LogP contribution in [0.5, 0.6) is 0 Å². The molecule has 0 saturated carbocycles. The van der Waals surface area contributed by atoms with Gasteiger partial charge in [0.1, 0.15) is 5.82 Å². The van der Waals surface area contributed by atoms with Crippen molar-refractivity contribution in [3.05, 3.63) is 47.8 Å². The monoisotopic (exact) mass is 364 g/mol. The van der Waals surface area contributed by atoms with Crippen LogP contribution in [0, 0.1) is 0 Å². The molecular weight excluding hydrogens is 340 g/mol. The predicted molar refractivity (Wildman–Crippen MR) is 104 cm³/mol. The number of aliphatic imine (C=N–C) groups is 1. The minimum atomic E-state index is -0.0901. The largest absolute Gasteiger partial charge is 0.364 e. The molecule has 8 heteroatoms. The van der Waals surface area contributed by atoms with Gasteiger partial charge < -0.3 is 10.2 Å². The van der Waals surface area contributed by atoms with E-state index in [1.165, 1.54) is 0 Å². The number of aromatic nitrogens is 4. The molecule has 4 heterocycles. The fourth-order valence-corrected chi connectivity index (χ4v) is 3.49. The molecule has 140 valence electrons. The lowest BCUT2D eigenvalue weighted by Gasteiger charge is -2.41. The van der Waals surface area contributed by atoms with E-state index in [9.17, 15) is 0 Å². The molecule has 4 rings (SSSR count). The second kappa shape index (κ2) is 7.03. The van der Waals surface area contributed by atoms with Crippen LogP contribution in [-0.4, -0.2) is 62.4 Å². The maximum absolute atomic E-state index is 4.79. The van der Waals surface area contributed by atoms with Crippen molar-refractivity contribution in [1.29, 1.82) is 0 Å². The van der Waals surface area contributed by atoms with Crippen LogP contribution < -0.4 is 5.32 Å². The third-order valence-corrected chi connectivity index (χ3v) is 4.96. The molecule has 0 saturated heterocycles. The van der Waals surface area contributed by atoms with Crippen molar-refractivity contribution in [2.75, 3.05) is 20.6 Å². The molecular formula is C19H24N8. The number of nitrogens with zero attached hydrogens (tertiary/aromatic N) is 7. The highest BCUT2D eigenvalue weighted by molar-refractivity contribution is 5.93. The van der Waals surface area contributed by atoms with Gasteiger partial charge in [-0.15, -0.1) is 0 Å². The molecule has 0 aromatic carbocycles. The molecule has 0 bridgehead atoms. The Hall–Kier alpha value is -2.87. The Morgan fingerprint density at radius 3 is 2.67 bits per heavy atom. The van der Waals surface area contributed by atoms with Crippen molar-refractivity contribution in [2.24, 2.45) is 4.99 Å². The fourth-order valence-electron chi connectivity index (χ4n) is 3.49. The Kier molecular flexibility index (Phi) is 4.57. The molecule has 0 aliphatic carbocycles. The lowest BCUT2D eigenvalue weighted by Crippen LogP contribution is -2.51. The van der Waals surface area contributed by atoms with Crippen LogP contribution in [0.2, 0.25) is 0 Å². The fraction of sp³-hybridized carbons (Fsp3) is 0.421. The van der Waals surface area contributed by atoms with Crippen LogP contribution in [0.25, 0.3) is 11.6 Å². The number of nitrogens with one attached hydrogen (secondary N) is 1. The third kappa shape index (κ3) is 3.40. The highest BCUT2D eigenvalue weighted by Crippen LogP contribution is 2.31. The van der Waals surface area contributed by atoms with Gasteiger partial charge >= 0.3 is 0 Å². The topological polar surface area (TPSA) is 82.4 Å². The summed E-state index contributed by atoms with van der Waals surface area (Å²) in [5.41, 5.74) is 3.22. The van der Waals surface area contributed by atoms with Crippen LogP contribution in [-0.2, 0) is 6.42 Å². The van der Waals surface area contributed by atoms with E-state index in [-0.39, 0.29) is 12.3 Å². The molecule has 2 aromatic heterocycles. The van der Waals surface area contributed by atoms with Gasteiger partial charge in [0.2, 0.25) is 0 Å². The summed E-state index contributed by atoms with van der Waals surface area (Å²) in [5, 5.41) is 3.52. The zero-order valence-electron chi connectivity index (χ0n) is 16.1. The highest BCUT2D eigenvalue weighted by atomic mass is 15.4. The predicted octanol–water partition coefficient (Wildman–Crippen LogP) is 1.60. The Labute approximate surface area is 159 Å². The molecule has 2 atom stereocenters. The molecule has 8 nitrogen and oxygen atoms in total. The second-order valence-electron chi connectivity index (χ2n) is 7.04. The Morgan fingerprint density at radius 1 is 1.15 bits per heavy atom. The summed E-state index contributed by atoms with van der Waals surface area (Å²) >= 11 is 0. The van der Waals surface area contributed by atoms with Gasteiger partial charge in [0.25, 0.3) is 0 Å². The van der Waals surface area contributed by atoms with Crippen molar-refractivity contribution in [3.8, 4) is 11.6 Å². The van der Waals surface area contributed by atoms with Gasteiger partial charge in [0.15, 0.2) is 17.9 Å². The van der Waals surface area contributed by atoms with E-state index in [2.05, 4.69) is 43.1 Å². The van der Waals surface area contributed by atoms with Crippen LogP contribution in [0.3, 0.4) is 0 Å². The zero-order valence-corrected chi connectivity index (χ0v) is 16.1. The van der Waals surface area contributed by atoms with Gasteiger partial charge in [-0.05, 0) is 26.0 Å². The third-order valence-electron chi connectivity index (χ3n) is 4.96. The van der Waals surface area contributed by atoms with Crippen molar-refractivity contribution >= 4 is 5.71 Å². The Morgan fingerprint density at radius 2 is 1.93 bits per heavy atom. The van der Waals surface area contributed by atoms with Gasteiger partial charge in [-0.1, -0.05) is 0 Å². The van der Waals surface area contributed by atoms with Crippen LogP contribution in [0.15, 0.2) is 41.5 Å². The quantitative estimate of drug-likeness (QED) is 0.886. The number of rotatable bonds is 3. The molecule has 1 N–H and O–H groups in total. The molecule has 0 amide bonds. The first-order valence-electron chi connectivity index (χ1n) is 9.12. The summed E-state index contributed by atoms with van der Waals surface area (Å²) in [5.74, 6) is 2.21. The number of allylic oxidation sites excluding steroid dienone is 1. The second-order valence-corrected chi connectivity index (χ2v) is 7.04. The lowest BCUT2D eigenvalue weighted by molar-refractivity contribution is 0.112. The van der Waals surface area contributed by atoms with Gasteiger partial charge in [0, 0.05) is 63.0 Å². The SMILES string of the molecule is CC1=NC(N2CCc3nc(-c4ncccn4)ncc3[C@H]2C)NC(N(C)C)=C1. The average molecular weight is 364 g/mol. The van der Waals surface area contributed by atoms with Crippen LogP contribution >= 0.6 is 0 Å². The molecule has 2 aliphatic rings. The highest BCUT2D eigenvalue weighted by Gasteiger charge is 2.32. The number of fused-ring (bicyclic) bond motifs is 1. The van der Waals surface area contributed by atoms with E-state index in [0.29, 0.717) is 11.6 Å². The molecule has 0 radical (unpaired) electrons. The van der Waals surface area contributed by atoms with E-state index >= 15 is 0 Å². The first-order chi connectivity index (χ1) is 13.0. The van der Waals surface area contributed by atoms with E-state index < -0.39 is 0 Å². The van der Waals surface area contributed by atoms with Gasteiger partial charge in [-0.25, -0.2) is 19.9 Å². The minimum absolute atomic E-state index is 0.0901. The van der Waals surface area contributed by atoms with E-state index in [4.69, 9.17) is 9.98 Å². The van der Waals surface area contributed by atoms with Crippen molar-refractivity contribution in [2.45, 2.75) is 32.6 Å². The summed E-state index contributed by atoms with van der Waals surface area (Å²) in [6.07, 6.45) is 8.14.